The van der Waals surface area contributed by atoms with Crippen LogP contribution in [0.15, 0.2) is 71.8 Å². The fourth-order valence-electron chi connectivity index (χ4n) is 3.93. The van der Waals surface area contributed by atoms with Crippen molar-refractivity contribution in [3.63, 3.8) is 0 Å². The summed E-state index contributed by atoms with van der Waals surface area (Å²) in [7, 11) is 6.53. The Bertz CT molecular complexity index is 1210. The Kier molecular flexibility index (Phi) is 7.28. The van der Waals surface area contributed by atoms with Crippen LogP contribution in [0.25, 0.3) is 6.08 Å². The lowest BCUT2D eigenvalue weighted by molar-refractivity contribution is 0.354. The zero-order valence-electron chi connectivity index (χ0n) is 19.6. The summed E-state index contributed by atoms with van der Waals surface area (Å²) < 4.78 is 21.7. The number of rotatable bonds is 8. The van der Waals surface area contributed by atoms with Gasteiger partial charge in [-0.2, -0.15) is 5.10 Å². The van der Waals surface area contributed by atoms with E-state index in [1.54, 1.807) is 28.4 Å². The van der Waals surface area contributed by atoms with Crippen LogP contribution in [0.2, 0.25) is 5.02 Å². The highest BCUT2D eigenvalue weighted by atomic mass is 35.5. The summed E-state index contributed by atoms with van der Waals surface area (Å²) in [5, 5.41) is 7.63. The Morgan fingerprint density at radius 1 is 0.765 bits per heavy atom. The molecule has 0 aromatic heterocycles. The summed E-state index contributed by atoms with van der Waals surface area (Å²) in [5.74, 6) is 2.76. The number of hydrogen-bond acceptors (Lipinski definition) is 6. The number of benzene rings is 3. The maximum absolute atomic E-state index is 6.12. The number of methoxy groups -OCH3 is 4. The molecule has 34 heavy (non-hydrogen) atoms. The van der Waals surface area contributed by atoms with Crippen molar-refractivity contribution in [3.8, 4) is 23.0 Å². The largest absolute Gasteiger partial charge is 0.493 e. The molecule has 1 heterocycles. The van der Waals surface area contributed by atoms with Gasteiger partial charge in [0.25, 0.3) is 0 Å². The number of hydrogen-bond donors (Lipinski definition) is 0. The Morgan fingerprint density at radius 2 is 1.38 bits per heavy atom. The molecule has 7 heteroatoms. The van der Waals surface area contributed by atoms with E-state index < -0.39 is 0 Å². The third kappa shape index (κ3) is 4.97. The van der Waals surface area contributed by atoms with Gasteiger partial charge in [-0.15, -0.1) is 0 Å². The van der Waals surface area contributed by atoms with Crippen LogP contribution in [0.3, 0.4) is 0 Å². The average molecular weight is 479 g/mol. The zero-order valence-corrected chi connectivity index (χ0v) is 20.4. The molecule has 0 saturated heterocycles. The summed E-state index contributed by atoms with van der Waals surface area (Å²) in [6.45, 7) is 0. The van der Waals surface area contributed by atoms with Crippen molar-refractivity contribution < 1.29 is 18.9 Å². The molecule has 4 rings (SSSR count). The summed E-state index contributed by atoms with van der Waals surface area (Å²) in [4.78, 5) is 0. The number of anilines is 1. The van der Waals surface area contributed by atoms with E-state index in [0.717, 1.165) is 28.9 Å². The monoisotopic (exact) mass is 478 g/mol. The van der Waals surface area contributed by atoms with Crippen LogP contribution >= 0.6 is 11.6 Å². The summed E-state index contributed by atoms with van der Waals surface area (Å²) in [6, 6.07) is 19.5. The highest BCUT2D eigenvalue weighted by Crippen LogP contribution is 2.39. The fraction of sp³-hybridized carbons (Fsp3) is 0.222. The lowest BCUT2D eigenvalue weighted by atomic mass is 10.00. The van der Waals surface area contributed by atoms with E-state index in [9.17, 15) is 0 Å². The van der Waals surface area contributed by atoms with Gasteiger partial charge in [-0.05, 0) is 65.7 Å². The molecule has 6 nitrogen and oxygen atoms in total. The van der Waals surface area contributed by atoms with Gasteiger partial charge in [0.05, 0.1) is 45.9 Å². The predicted octanol–water partition coefficient (Wildman–Crippen LogP) is 6.40. The van der Waals surface area contributed by atoms with E-state index in [0.29, 0.717) is 28.0 Å². The average Bonchev–Trinajstić information content (AvgIpc) is 3.31. The molecule has 3 aromatic carbocycles. The Hall–Kier alpha value is -3.64. The van der Waals surface area contributed by atoms with Gasteiger partial charge in [-0.25, -0.2) is 0 Å². The first-order valence-electron chi connectivity index (χ1n) is 10.8. The molecule has 0 bridgehead atoms. The lowest BCUT2D eigenvalue weighted by Crippen LogP contribution is -2.18. The topological polar surface area (TPSA) is 52.5 Å². The number of halogens is 1. The second-order valence-corrected chi connectivity index (χ2v) is 8.13. The molecule has 0 aliphatic carbocycles. The summed E-state index contributed by atoms with van der Waals surface area (Å²) >= 11 is 6.12. The number of allylic oxidation sites excluding steroid dienone is 1. The molecule has 0 amide bonds. The molecule has 0 N–H and O–H groups in total. The van der Waals surface area contributed by atoms with Crippen molar-refractivity contribution in [2.75, 3.05) is 33.4 Å². The first-order chi connectivity index (χ1) is 16.6. The van der Waals surface area contributed by atoms with Gasteiger partial charge in [-0.1, -0.05) is 29.8 Å². The van der Waals surface area contributed by atoms with Crippen molar-refractivity contribution in [3.05, 3.63) is 82.9 Å². The molecule has 176 valence electrons. The number of nitrogens with zero attached hydrogens (tertiary/aromatic N) is 2. The van der Waals surface area contributed by atoms with E-state index in [-0.39, 0.29) is 6.04 Å². The van der Waals surface area contributed by atoms with Crippen molar-refractivity contribution in [2.45, 2.75) is 12.5 Å². The first-order valence-corrected chi connectivity index (χ1v) is 11.2. The molecule has 1 atom stereocenters. The predicted molar refractivity (Wildman–Crippen MR) is 137 cm³/mol. The molecule has 0 unspecified atom stereocenters. The van der Waals surface area contributed by atoms with Crippen LogP contribution in [0.5, 0.6) is 23.0 Å². The molecular formula is C27H27ClN2O4. The second kappa shape index (κ2) is 10.5. The summed E-state index contributed by atoms with van der Waals surface area (Å²) in [6.07, 6.45) is 4.78. The van der Waals surface area contributed by atoms with E-state index >= 15 is 0 Å². The second-order valence-electron chi connectivity index (χ2n) is 7.69. The third-order valence-corrected chi connectivity index (χ3v) is 5.95. The lowest BCUT2D eigenvalue weighted by Gasteiger charge is -2.24. The fourth-order valence-corrected chi connectivity index (χ4v) is 4.06. The molecule has 3 aromatic rings. The quantitative estimate of drug-likeness (QED) is 0.375. The minimum atomic E-state index is -0.00830. The molecule has 0 fully saturated rings. The molecule has 0 saturated carbocycles. The van der Waals surface area contributed by atoms with E-state index in [4.69, 9.17) is 35.6 Å². The van der Waals surface area contributed by atoms with Gasteiger partial charge in [0.2, 0.25) is 0 Å². The zero-order chi connectivity index (χ0) is 24.1. The van der Waals surface area contributed by atoms with Gasteiger partial charge in [-0.3, -0.25) is 5.01 Å². The summed E-state index contributed by atoms with van der Waals surface area (Å²) in [5.41, 5.74) is 3.97. The smallest absolute Gasteiger partial charge is 0.161 e. The number of ether oxygens (including phenoxy) is 4. The Balaban J connectivity index is 1.66. The van der Waals surface area contributed by atoms with Crippen molar-refractivity contribution in [1.82, 2.24) is 0 Å². The Labute approximate surface area is 205 Å². The van der Waals surface area contributed by atoms with E-state index in [1.807, 2.05) is 77.8 Å². The van der Waals surface area contributed by atoms with Gasteiger partial charge < -0.3 is 18.9 Å². The highest BCUT2D eigenvalue weighted by molar-refractivity contribution is 6.30. The van der Waals surface area contributed by atoms with Gasteiger partial charge in [0.1, 0.15) is 0 Å². The van der Waals surface area contributed by atoms with E-state index in [1.165, 1.54) is 0 Å². The van der Waals surface area contributed by atoms with E-state index in [2.05, 4.69) is 0 Å². The van der Waals surface area contributed by atoms with Crippen LogP contribution in [0, 0.1) is 0 Å². The van der Waals surface area contributed by atoms with Crippen LogP contribution in [-0.4, -0.2) is 34.2 Å². The Morgan fingerprint density at radius 3 is 2.03 bits per heavy atom. The molecular weight excluding hydrogens is 452 g/mol. The molecule has 0 spiro atoms. The van der Waals surface area contributed by atoms with Crippen LogP contribution in [0.1, 0.15) is 23.6 Å². The number of hydrazone groups is 1. The SMILES string of the molecule is COc1ccc(/C=C\C2=NN(c3ccc(Cl)cc3)[C@H](c3ccc(OC)c(OC)c3)C2)cc1OC. The van der Waals surface area contributed by atoms with Crippen LogP contribution in [0.4, 0.5) is 5.69 Å². The maximum atomic E-state index is 6.12. The van der Waals surface area contributed by atoms with Crippen molar-refractivity contribution >= 4 is 29.1 Å². The normalized spacial score (nSPS) is 15.4. The van der Waals surface area contributed by atoms with Gasteiger partial charge in [0.15, 0.2) is 23.0 Å². The van der Waals surface area contributed by atoms with Crippen molar-refractivity contribution in [2.24, 2.45) is 5.10 Å². The standard InChI is InChI=1S/C27H27ClN2O4/c1-31-24-13-6-18(15-26(24)33-3)5-10-21-17-23(19-7-14-25(32-2)27(16-19)34-4)30(29-21)22-11-8-20(28)9-12-22/h5-16,23H,17H2,1-4H3/b10-5-/t23-/m0/s1. The minimum Gasteiger partial charge on any atom is -0.493 e. The van der Waals surface area contributed by atoms with Crippen LogP contribution < -0.4 is 24.0 Å². The van der Waals surface area contributed by atoms with Crippen molar-refractivity contribution in [1.29, 1.82) is 0 Å². The minimum absolute atomic E-state index is 0.00830. The van der Waals surface area contributed by atoms with Gasteiger partial charge >= 0.3 is 0 Å². The first kappa shape index (κ1) is 23.5. The van der Waals surface area contributed by atoms with Crippen LogP contribution in [-0.2, 0) is 0 Å². The highest BCUT2D eigenvalue weighted by Gasteiger charge is 2.29. The van der Waals surface area contributed by atoms with Gasteiger partial charge in [0, 0.05) is 11.4 Å². The molecule has 1 aliphatic rings. The molecule has 1 aliphatic heterocycles. The third-order valence-electron chi connectivity index (χ3n) is 5.69. The molecule has 0 radical (unpaired) electrons. The maximum Gasteiger partial charge on any atom is 0.161 e.